The summed E-state index contributed by atoms with van der Waals surface area (Å²) in [5, 5.41) is 9.94. The van der Waals surface area contributed by atoms with Crippen LogP contribution in [-0.2, 0) is 11.3 Å². The monoisotopic (exact) mass is 181 g/mol. The van der Waals surface area contributed by atoms with Gasteiger partial charge in [-0.1, -0.05) is 0 Å². The van der Waals surface area contributed by atoms with Crippen molar-refractivity contribution in [2.75, 3.05) is 11.9 Å². The van der Waals surface area contributed by atoms with E-state index in [2.05, 4.69) is 15.5 Å². The van der Waals surface area contributed by atoms with Crippen molar-refractivity contribution in [2.45, 2.75) is 6.54 Å². The molecule has 0 aliphatic heterocycles. The van der Waals surface area contributed by atoms with Gasteiger partial charge in [0.1, 0.15) is 0 Å². The minimum Gasteiger partial charge on any atom is -0.325 e. The van der Waals surface area contributed by atoms with Crippen molar-refractivity contribution < 1.29 is 4.79 Å². The topological polar surface area (TPSA) is 107 Å². The number of amides is 1. The second-order valence-corrected chi connectivity index (χ2v) is 2.37. The van der Waals surface area contributed by atoms with Gasteiger partial charge in [0.25, 0.3) is 0 Å². The Morgan fingerprint density at radius 1 is 1.38 bits per heavy atom. The highest BCUT2D eigenvalue weighted by Crippen LogP contribution is 2.00. The number of rotatable bonds is 3. The molecule has 1 amide bonds. The summed E-state index contributed by atoms with van der Waals surface area (Å²) in [6.45, 7) is 0.262. The molecule has 70 valence electrons. The van der Waals surface area contributed by atoms with Crippen molar-refractivity contribution >= 4 is 11.7 Å². The van der Waals surface area contributed by atoms with Crippen molar-refractivity contribution in [3.8, 4) is 0 Å². The first kappa shape index (κ1) is 9.56. The van der Waals surface area contributed by atoms with E-state index in [0.29, 0.717) is 18.1 Å². The Labute approximate surface area is 75.3 Å². The van der Waals surface area contributed by atoms with Crippen LogP contribution in [0.4, 0.5) is 5.82 Å². The molecule has 0 saturated carbocycles. The molecule has 0 bridgehead atoms. The van der Waals surface area contributed by atoms with Gasteiger partial charge in [0, 0.05) is 6.54 Å². The molecule has 0 atom stereocenters. The zero-order chi connectivity index (χ0) is 9.68. The first-order chi connectivity index (χ1) is 6.26. The van der Waals surface area contributed by atoms with Crippen LogP contribution in [0, 0.1) is 0 Å². The van der Waals surface area contributed by atoms with E-state index in [4.69, 9.17) is 11.5 Å². The molecule has 1 aromatic rings. The predicted octanol–water partition coefficient (Wildman–Crippen LogP) is -1.17. The number of nitrogens with two attached hydrogens (primary N) is 2. The third-order valence-electron chi connectivity index (χ3n) is 1.38. The lowest BCUT2D eigenvalue weighted by molar-refractivity contribution is -0.114. The third kappa shape index (κ3) is 2.77. The van der Waals surface area contributed by atoms with Crippen LogP contribution in [0.3, 0.4) is 0 Å². The fraction of sp³-hybridized carbons (Fsp3) is 0.286. The van der Waals surface area contributed by atoms with Crippen LogP contribution in [0.25, 0.3) is 0 Å². The van der Waals surface area contributed by atoms with Crippen LogP contribution in [0.1, 0.15) is 5.69 Å². The maximum Gasteiger partial charge on any atom is 0.239 e. The normalized spacial score (nSPS) is 9.69. The number of carbonyl (C=O) groups is 1. The van der Waals surface area contributed by atoms with Gasteiger partial charge >= 0.3 is 0 Å². The molecule has 0 spiro atoms. The first-order valence-electron chi connectivity index (χ1n) is 3.79. The summed E-state index contributed by atoms with van der Waals surface area (Å²) in [4.78, 5) is 10.8. The summed E-state index contributed by atoms with van der Waals surface area (Å²) in [6.07, 6.45) is 0. The second-order valence-electron chi connectivity index (χ2n) is 2.37. The highest BCUT2D eigenvalue weighted by Gasteiger charge is 2.00. The smallest absolute Gasteiger partial charge is 0.239 e. The maximum absolute atomic E-state index is 10.8. The van der Waals surface area contributed by atoms with Crippen LogP contribution >= 0.6 is 0 Å². The molecule has 0 fully saturated rings. The molecule has 6 heteroatoms. The maximum atomic E-state index is 10.8. The molecule has 5 N–H and O–H groups in total. The molecule has 0 aliphatic rings. The van der Waals surface area contributed by atoms with Crippen molar-refractivity contribution in [2.24, 2.45) is 11.5 Å². The number of aromatic nitrogens is 2. The lowest BCUT2D eigenvalue weighted by Crippen LogP contribution is -2.22. The third-order valence-corrected chi connectivity index (χ3v) is 1.38. The van der Waals surface area contributed by atoms with Gasteiger partial charge in [-0.2, -0.15) is 5.10 Å². The molecule has 0 saturated heterocycles. The van der Waals surface area contributed by atoms with Gasteiger partial charge in [-0.15, -0.1) is 5.10 Å². The molecule has 13 heavy (non-hydrogen) atoms. The van der Waals surface area contributed by atoms with Crippen molar-refractivity contribution in [1.29, 1.82) is 0 Å². The molecular weight excluding hydrogens is 170 g/mol. The summed E-state index contributed by atoms with van der Waals surface area (Å²) in [6, 6.07) is 3.32. The van der Waals surface area contributed by atoms with Crippen molar-refractivity contribution in [3.63, 3.8) is 0 Å². The molecule has 0 unspecified atom stereocenters. The molecular formula is C7H11N5O. The summed E-state index contributed by atoms with van der Waals surface area (Å²) < 4.78 is 0. The standard InChI is InChI=1S/C7H11N5O/c8-3-5-1-2-6(12-11-5)10-7(13)4-9/h1-2H,3-4,8-9H2,(H,10,12,13). The summed E-state index contributed by atoms with van der Waals surface area (Å²) >= 11 is 0. The Kier molecular flexibility index (Phi) is 3.30. The van der Waals surface area contributed by atoms with E-state index >= 15 is 0 Å². The highest BCUT2D eigenvalue weighted by atomic mass is 16.1. The number of carbonyl (C=O) groups excluding carboxylic acids is 1. The molecule has 6 nitrogen and oxygen atoms in total. The van der Waals surface area contributed by atoms with E-state index in [0.717, 1.165) is 0 Å². The molecule has 1 heterocycles. The Morgan fingerprint density at radius 3 is 2.62 bits per heavy atom. The predicted molar refractivity (Wildman–Crippen MR) is 47.6 cm³/mol. The number of nitrogens with one attached hydrogen (secondary N) is 1. The zero-order valence-electron chi connectivity index (χ0n) is 7.03. The van der Waals surface area contributed by atoms with Crippen molar-refractivity contribution in [3.05, 3.63) is 17.8 Å². The average molecular weight is 181 g/mol. The van der Waals surface area contributed by atoms with E-state index in [1.165, 1.54) is 0 Å². The van der Waals surface area contributed by atoms with E-state index in [-0.39, 0.29) is 12.5 Å². The van der Waals surface area contributed by atoms with Gasteiger partial charge in [0.2, 0.25) is 5.91 Å². The Balaban J connectivity index is 2.64. The van der Waals surface area contributed by atoms with Gasteiger partial charge in [0.15, 0.2) is 5.82 Å². The van der Waals surface area contributed by atoms with Crippen LogP contribution in [0.2, 0.25) is 0 Å². The Morgan fingerprint density at radius 2 is 2.15 bits per heavy atom. The van der Waals surface area contributed by atoms with Crippen LogP contribution in [0.5, 0.6) is 0 Å². The molecule has 1 rings (SSSR count). The number of hydrogen-bond acceptors (Lipinski definition) is 5. The van der Waals surface area contributed by atoms with E-state index < -0.39 is 0 Å². The number of anilines is 1. The fourth-order valence-electron chi connectivity index (χ4n) is 0.729. The lowest BCUT2D eigenvalue weighted by atomic mass is 10.4. The van der Waals surface area contributed by atoms with E-state index in [9.17, 15) is 4.79 Å². The van der Waals surface area contributed by atoms with Gasteiger partial charge in [-0.05, 0) is 12.1 Å². The molecule has 0 aliphatic carbocycles. The summed E-state index contributed by atoms with van der Waals surface area (Å²) in [5.74, 6) is 0.0856. The minimum atomic E-state index is -0.296. The number of nitrogens with zero attached hydrogens (tertiary/aromatic N) is 2. The zero-order valence-corrected chi connectivity index (χ0v) is 7.03. The van der Waals surface area contributed by atoms with Crippen LogP contribution < -0.4 is 16.8 Å². The molecule has 0 radical (unpaired) electrons. The van der Waals surface area contributed by atoms with Gasteiger partial charge in [-0.25, -0.2) is 0 Å². The van der Waals surface area contributed by atoms with Crippen LogP contribution in [-0.4, -0.2) is 22.6 Å². The van der Waals surface area contributed by atoms with Gasteiger partial charge in [-0.3, -0.25) is 4.79 Å². The van der Waals surface area contributed by atoms with E-state index in [1.54, 1.807) is 12.1 Å². The SMILES string of the molecule is NCC(=O)Nc1ccc(CN)nn1. The fourth-order valence-corrected chi connectivity index (χ4v) is 0.729. The first-order valence-corrected chi connectivity index (χ1v) is 3.79. The van der Waals surface area contributed by atoms with Gasteiger partial charge < -0.3 is 16.8 Å². The quantitative estimate of drug-likeness (QED) is 0.544. The minimum absolute atomic E-state index is 0.0691. The Hall–Kier alpha value is -1.53. The highest BCUT2D eigenvalue weighted by molar-refractivity contribution is 5.91. The summed E-state index contributed by atoms with van der Waals surface area (Å²) in [5.41, 5.74) is 11.1. The average Bonchev–Trinajstić information content (AvgIpc) is 2.19. The summed E-state index contributed by atoms with van der Waals surface area (Å²) in [7, 11) is 0. The van der Waals surface area contributed by atoms with Crippen LogP contribution in [0.15, 0.2) is 12.1 Å². The van der Waals surface area contributed by atoms with Crippen molar-refractivity contribution in [1.82, 2.24) is 10.2 Å². The number of hydrogen-bond donors (Lipinski definition) is 3. The van der Waals surface area contributed by atoms with Gasteiger partial charge in [0.05, 0.1) is 12.2 Å². The largest absolute Gasteiger partial charge is 0.325 e. The second kappa shape index (κ2) is 4.48. The van der Waals surface area contributed by atoms with E-state index in [1.807, 2.05) is 0 Å². The molecule has 1 aromatic heterocycles. The Bertz CT molecular complexity index is 283. The lowest BCUT2D eigenvalue weighted by Gasteiger charge is -2.01. The molecule has 0 aromatic carbocycles.